The number of likely N-dealkylation sites (tertiary alicyclic amines) is 1. The van der Waals surface area contributed by atoms with Gasteiger partial charge >= 0.3 is 0 Å². The van der Waals surface area contributed by atoms with E-state index in [4.69, 9.17) is 4.74 Å². The third kappa shape index (κ3) is 1.45. The van der Waals surface area contributed by atoms with Crippen LogP contribution in [-0.2, 0) is 11.8 Å². The summed E-state index contributed by atoms with van der Waals surface area (Å²) in [4.78, 5) is 14.2. The molecule has 4 heteroatoms. The van der Waals surface area contributed by atoms with Gasteiger partial charge in [-0.2, -0.15) is 0 Å². The van der Waals surface area contributed by atoms with Crippen LogP contribution in [0, 0.1) is 11.8 Å². The van der Waals surface area contributed by atoms with Crippen LogP contribution in [0.1, 0.15) is 10.5 Å². The molecule has 1 aromatic heterocycles. The van der Waals surface area contributed by atoms with Gasteiger partial charge in [-0.15, -0.1) is 0 Å². The van der Waals surface area contributed by atoms with E-state index >= 15 is 0 Å². The van der Waals surface area contributed by atoms with E-state index in [9.17, 15) is 4.79 Å². The Labute approximate surface area is 94.8 Å². The fourth-order valence-corrected chi connectivity index (χ4v) is 2.70. The maximum absolute atomic E-state index is 12.2. The standard InChI is InChI=1S/C12H16N2O2/c1-13-4-2-3-11(13)12(15)14-5-9-7-16-8-10(9)6-14/h2-4,9-10H,5-8H2,1H3/t9-,10-/m1/s1. The molecule has 0 aliphatic carbocycles. The average Bonchev–Trinajstić information content (AvgIpc) is 2.89. The summed E-state index contributed by atoms with van der Waals surface area (Å²) in [6, 6.07) is 3.79. The lowest BCUT2D eigenvalue weighted by Crippen LogP contribution is -2.31. The first kappa shape index (κ1) is 9.90. The van der Waals surface area contributed by atoms with Gasteiger partial charge in [-0.3, -0.25) is 4.79 Å². The number of fused-ring (bicyclic) bond motifs is 1. The molecule has 0 N–H and O–H groups in total. The third-order valence-corrected chi connectivity index (χ3v) is 3.69. The summed E-state index contributed by atoms with van der Waals surface area (Å²) < 4.78 is 7.29. The molecule has 1 aromatic rings. The third-order valence-electron chi connectivity index (χ3n) is 3.69. The van der Waals surface area contributed by atoms with Crippen molar-refractivity contribution in [2.75, 3.05) is 26.3 Å². The number of aromatic nitrogens is 1. The van der Waals surface area contributed by atoms with E-state index < -0.39 is 0 Å². The molecule has 0 radical (unpaired) electrons. The van der Waals surface area contributed by atoms with Crippen molar-refractivity contribution in [1.82, 2.24) is 9.47 Å². The van der Waals surface area contributed by atoms with Crippen molar-refractivity contribution in [2.45, 2.75) is 0 Å². The van der Waals surface area contributed by atoms with Crippen LogP contribution >= 0.6 is 0 Å². The molecular weight excluding hydrogens is 204 g/mol. The Kier molecular flexibility index (Phi) is 2.24. The Morgan fingerprint density at radius 2 is 2.06 bits per heavy atom. The largest absolute Gasteiger partial charge is 0.381 e. The molecule has 2 fully saturated rings. The molecule has 2 atom stereocenters. The predicted octanol–water partition coefficient (Wildman–Crippen LogP) is 0.744. The Hall–Kier alpha value is -1.29. The minimum absolute atomic E-state index is 0.155. The number of ether oxygens (including phenoxy) is 1. The topological polar surface area (TPSA) is 34.5 Å². The van der Waals surface area contributed by atoms with E-state index in [-0.39, 0.29) is 5.91 Å². The highest BCUT2D eigenvalue weighted by atomic mass is 16.5. The van der Waals surface area contributed by atoms with Gasteiger partial charge in [0.05, 0.1) is 13.2 Å². The Morgan fingerprint density at radius 1 is 1.38 bits per heavy atom. The van der Waals surface area contributed by atoms with E-state index in [2.05, 4.69) is 0 Å². The summed E-state index contributed by atoms with van der Waals surface area (Å²) in [5.41, 5.74) is 0.779. The average molecular weight is 220 g/mol. The minimum Gasteiger partial charge on any atom is -0.381 e. The van der Waals surface area contributed by atoms with Crippen molar-refractivity contribution in [1.29, 1.82) is 0 Å². The zero-order chi connectivity index (χ0) is 11.1. The summed E-state index contributed by atoms with van der Waals surface area (Å²) in [6.07, 6.45) is 1.91. The molecule has 3 rings (SSSR count). The second-order valence-corrected chi connectivity index (χ2v) is 4.77. The van der Waals surface area contributed by atoms with Crippen molar-refractivity contribution < 1.29 is 9.53 Å². The molecule has 2 aliphatic rings. The maximum Gasteiger partial charge on any atom is 0.270 e. The molecule has 0 saturated carbocycles. The highest BCUT2D eigenvalue weighted by molar-refractivity contribution is 5.93. The maximum atomic E-state index is 12.2. The molecule has 1 amide bonds. The predicted molar refractivity (Wildman–Crippen MR) is 59.1 cm³/mol. The molecule has 0 unspecified atom stereocenters. The second kappa shape index (κ2) is 3.63. The van der Waals surface area contributed by atoms with Gasteiger partial charge in [0.1, 0.15) is 5.69 Å². The van der Waals surface area contributed by atoms with Crippen molar-refractivity contribution in [2.24, 2.45) is 18.9 Å². The lowest BCUT2D eigenvalue weighted by Gasteiger charge is -2.17. The van der Waals surface area contributed by atoms with Gasteiger partial charge in [0.2, 0.25) is 0 Å². The monoisotopic (exact) mass is 220 g/mol. The molecule has 2 saturated heterocycles. The van der Waals surface area contributed by atoms with Gasteiger partial charge in [0, 0.05) is 38.2 Å². The SMILES string of the molecule is Cn1cccc1C(=O)N1C[C@@H]2COC[C@H]2C1. The number of carbonyl (C=O) groups excluding carboxylic acids is 1. The highest BCUT2D eigenvalue weighted by Crippen LogP contribution is 2.29. The first-order valence-electron chi connectivity index (χ1n) is 5.74. The molecule has 3 heterocycles. The Bertz CT molecular complexity index is 401. The van der Waals surface area contributed by atoms with Gasteiger partial charge in [0.25, 0.3) is 5.91 Å². The summed E-state index contributed by atoms with van der Waals surface area (Å²) in [5.74, 6) is 1.27. The van der Waals surface area contributed by atoms with Crippen LogP contribution in [0.3, 0.4) is 0 Å². The van der Waals surface area contributed by atoms with Crippen molar-refractivity contribution in [3.63, 3.8) is 0 Å². The zero-order valence-electron chi connectivity index (χ0n) is 9.43. The van der Waals surface area contributed by atoms with E-state index in [1.54, 1.807) is 0 Å². The number of hydrogen-bond donors (Lipinski definition) is 0. The van der Waals surface area contributed by atoms with Crippen molar-refractivity contribution in [3.8, 4) is 0 Å². The van der Waals surface area contributed by atoms with Crippen LogP contribution in [0.4, 0.5) is 0 Å². The molecular formula is C12H16N2O2. The summed E-state index contributed by atoms with van der Waals surface area (Å²) >= 11 is 0. The lowest BCUT2D eigenvalue weighted by atomic mass is 10.0. The fraction of sp³-hybridized carbons (Fsp3) is 0.583. The Balaban J connectivity index is 1.75. The molecule has 0 bridgehead atoms. The first-order chi connectivity index (χ1) is 7.75. The second-order valence-electron chi connectivity index (χ2n) is 4.77. The van der Waals surface area contributed by atoms with E-state index in [1.807, 2.05) is 34.8 Å². The minimum atomic E-state index is 0.155. The van der Waals surface area contributed by atoms with Gasteiger partial charge in [0.15, 0.2) is 0 Å². The number of aryl methyl sites for hydroxylation is 1. The fourth-order valence-electron chi connectivity index (χ4n) is 2.70. The molecule has 86 valence electrons. The summed E-state index contributed by atoms with van der Waals surface area (Å²) in [7, 11) is 1.91. The normalized spacial score (nSPS) is 28.4. The lowest BCUT2D eigenvalue weighted by molar-refractivity contribution is 0.0742. The summed E-state index contributed by atoms with van der Waals surface area (Å²) in [6.45, 7) is 3.35. The van der Waals surface area contributed by atoms with Crippen molar-refractivity contribution >= 4 is 5.91 Å². The number of rotatable bonds is 1. The number of hydrogen-bond acceptors (Lipinski definition) is 2. The van der Waals surface area contributed by atoms with Gasteiger partial charge in [-0.1, -0.05) is 0 Å². The zero-order valence-corrected chi connectivity index (χ0v) is 9.43. The number of carbonyl (C=O) groups is 1. The van der Waals surface area contributed by atoms with Crippen LogP contribution in [0.25, 0.3) is 0 Å². The Morgan fingerprint density at radius 3 is 2.62 bits per heavy atom. The smallest absolute Gasteiger partial charge is 0.270 e. The van der Waals surface area contributed by atoms with Gasteiger partial charge < -0.3 is 14.2 Å². The molecule has 4 nitrogen and oxygen atoms in total. The molecule has 16 heavy (non-hydrogen) atoms. The number of nitrogens with zero attached hydrogens (tertiary/aromatic N) is 2. The van der Waals surface area contributed by atoms with Crippen LogP contribution < -0.4 is 0 Å². The van der Waals surface area contributed by atoms with Gasteiger partial charge in [-0.25, -0.2) is 0 Å². The molecule has 0 spiro atoms. The van der Waals surface area contributed by atoms with Crippen LogP contribution in [0.15, 0.2) is 18.3 Å². The van der Waals surface area contributed by atoms with E-state index in [0.29, 0.717) is 11.8 Å². The van der Waals surface area contributed by atoms with Crippen LogP contribution in [0.5, 0.6) is 0 Å². The van der Waals surface area contributed by atoms with E-state index in [0.717, 1.165) is 32.0 Å². The number of amides is 1. The molecule has 0 aromatic carbocycles. The molecule has 2 aliphatic heterocycles. The quantitative estimate of drug-likeness (QED) is 0.699. The van der Waals surface area contributed by atoms with Gasteiger partial charge in [-0.05, 0) is 12.1 Å². The van der Waals surface area contributed by atoms with E-state index in [1.165, 1.54) is 0 Å². The first-order valence-corrected chi connectivity index (χ1v) is 5.74. The highest BCUT2D eigenvalue weighted by Gasteiger charge is 2.39. The van der Waals surface area contributed by atoms with Crippen LogP contribution in [-0.4, -0.2) is 41.7 Å². The van der Waals surface area contributed by atoms with Crippen molar-refractivity contribution in [3.05, 3.63) is 24.0 Å². The summed E-state index contributed by atoms with van der Waals surface area (Å²) in [5, 5.41) is 0. The van der Waals surface area contributed by atoms with Crippen LogP contribution in [0.2, 0.25) is 0 Å².